The highest BCUT2D eigenvalue weighted by Gasteiger charge is 2.10. The highest BCUT2D eigenvalue weighted by molar-refractivity contribution is 5.76. The number of aromatic nitrogens is 1. The van der Waals surface area contributed by atoms with Gasteiger partial charge in [0.15, 0.2) is 5.76 Å². The van der Waals surface area contributed by atoms with E-state index in [-0.39, 0.29) is 5.91 Å². The lowest BCUT2D eigenvalue weighted by Gasteiger charge is -2.09. The molecule has 24 heavy (non-hydrogen) atoms. The van der Waals surface area contributed by atoms with Crippen LogP contribution in [0.15, 0.2) is 65.4 Å². The molecule has 2 heterocycles. The largest absolute Gasteiger partial charge is 0.463 e. The summed E-state index contributed by atoms with van der Waals surface area (Å²) in [5, 5.41) is 2.97. The van der Waals surface area contributed by atoms with Gasteiger partial charge in [-0.2, -0.15) is 0 Å². The molecule has 0 unspecified atom stereocenters. The second-order valence-corrected chi connectivity index (χ2v) is 5.69. The monoisotopic (exact) mass is 320 g/mol. The predicted molar refractivity (Wildman–Crippen MR) is 93.3 cm³/mol. The van der Waals surface area contributed by atoms with E-state index in [0.717, 1.165) is 17.7 Å². The molecule has 0 spiro atoms. The van der Waals surface area contributed by atoms with Crippen LogP contribution < -0.4 is 5.32 Å². The van der Waals surface area contributed by atoms with Crippen LogP contribution in [0, 0.1) is 6.92 Å². The molecule has 3 rings (SSSR count). The lowest BCUT2D eigenvalue weighted by Crippen LogP contribution is -2.23. The zero-order chi connectivity index (χ0) is 16.8. The van der Waals surface area contributed by atoms with E-state index in [2.05, 4.69) is 29.4 Å². The molecule has 0 bridgehead atoms. The van der Waals surface area contributed by atoms with Crippen molar-refractivity contribution in [3.63, 3.8) is 0 Å². The number of carbonyl (C=O) groups is 1. The third-order valence-corrected chi connectivity index (χ3v) is 4.00. The van der Waals surface area contributed by atoms with Gasteiger partial charge in [-0.05, 0) is 42.7 Å². The fraction of sp³-hybridized carbons (Fsp3) is 0.200. The van der Waals surface area contributed by atoms with Crippen molar-refractivity contribution < 1.29 is 9.21 Å². The van der Waals surface area contributed by atoms with Gasteiger partial charge in [0.25, 0.3) is 0 Å². The van der Waals surface area contributed by atoms with Crippen molar-refractivity contribution in [2.75, 3.05) is 0 Å². The summed E-state index contributed by atoms with van der Waals surface area (Å²) in [6, 6.07) is 15.7. The topological polar surface area (TPSA) is 55.1 Å². The molecule has 0 saturated heterocycles. The van der Waals surface area contributed by atoms with Crippen LogP contribution in [0.5, 0.6) is 0 Å². The van der Waals surface area contributed by atoms with E-state index in [1.165, 1.54) is 11.1 Å². The minimum Gasteiger partial charge on any atom is -0.463 e. The standard InChI is InChI=1S/C20H20N2O2/c1-15-6-2-3-7-16(15)10-11-19(23)22-14-17-8-4-12-21-20(17)18-9-5-13-24-18/h2-9,12-13H,10-11,14H2,1H3,(H,22,23). The van der Waals surface area contributed by atoms with Crippen molar-refractivity contribution in [3.8, 4) is 11.5 Å². The summed E-state index contributed by atoms with van der Waals surface area (Å²) in [5.74, 6) is 0.743. The Balaban J connectivity index is 1.58. The maximum atomic E-state index is 12.1. The first kappa shape index (κ1) is 16.0. The number of hydrogen-bond acceptors (Lipinski definition) is 3. The number of furan rings is 1. The first-order chi connectivity index (χ1) is 11.7. The first-order valence-electron chi connectivity index (χ1n) is 8.03. The molecule has 0 aliphatic carbocycles. The Bertz CT molecular complexity index is 810. The van der Waals surface area contributed by atoms with Gasteiger partial charge < -0.3 is 9.73 Å². The summed E-state index contributed by atoms with van der Waals surface area (Å²) in [6.45, 7) is 2.51. The van der Waals surface area contributed by atoms with Gasteiger partial charge in [0.1, 0.15) is 5.69 Å². The molecule has 0 aliphatic rings. The molecule has 0 aliphatic heterocycles. The van der Waals surface area contributed by atoms with Crippen LogP contribution in [0.3, 0.4) is 0 Å². The Kier molecular flexibility index (Phi) is 5.06. The van der Waals surface area contributed by atoms with Crippen molar-refractivity contribution >= 4 is 5.91 Å². The summed E-state index contributed by atoms with van der Waals surface area (Å²) in [5.41, 5.74) is 4.14. The van der Waals surface area contributed by atoms with Crippen LogP contribution in [0.25, 0.3) is 11.5 Å². The van der Waals surface area contributed by atoms with Gasteiger partial charge in [0, 0.05) is 24.7 Å². The lowest BCUT2D eigenvalue weighted by atomic mass is 10.0. The van der Waals surface area contributed by atoms with Gasteiger partial charge in [-0.25, -0.2) is 0 Å². The van der Waals surface area contributed by atoms with E-state index < -0.39 is 0 Å². The van der Waals surface area contributed by atoms with Crippen molar-refractivity contribution in [1.29, 1.82) is 0 Å². The number of nitrogens with one attached hydrogen (secondary N) is 1. The number of nitrogens with zero attached hydrogens (tertiary/aromatic N) is 1. The number of benzene rings is 1. The van der Waals surface area contributed by atoms with Gasteiger partial charge in [-0.15, -0.1) is 0 Å². The molecule has 1 amide bonds. The second kappa shape index (κ2) is 7.59. The zero-order valence-electron chi connectivity index (χ0n) is 13.7. The predicted octanol–water partition coefficient (Wildman–Crippen LogP) is 3.90. The van der Waals surface area contributed by atoms with E-state index in [1.807, 2.05) is 36.4 Å². The summed E-state index contributed by atoms with van der Waals surface area (Å²) in [4.78, 5) is 16.5. The van der Waals surface area contributed by atoms with Gasteiger partial charge in [0.2, 0.25) is 5.91 Å². The second-order valence-electron chi connectivity index (χ2n) is 5.69. The Labute approximate surface area is 141 Å². The van der Waals surface area contributed by atoms with E-state index in [1.54, 1.807) is 12.5 Å². The molecule has 3 aromatic rings. The minimum atomic E-state index is 0.0347. The van der Waals surface area contributed by atoms with E-state index >= 15 is 0 Å². The molecule has 2 aromatic heterocycles. The molecule has 1 N–H and O–H groups in total. The highest BCUT2D eigenvalue weighted by Crippen LogP contribution is 2.21. The molecule has 0 radical (unpaired) electrons. The van der Waals surface area contributed by atoms with Crippen LogP contribution in [-0.4, -0.2) is 10.9 Å². The van der Waals surface area contributed by atoms with Crippen LogP contribution in [0.4, 0.5) is 0 Å². The molecule has 0 saturated carbocycles. The van der Waals surface area contributed by atoms with Gasteiger partial charge in [-0.1, -0.05) is 30.3 Å². The Hall–Kier alpha value is -2.88. The van der Waals surface area contributed by atoms with E-state index in [9.17, 15) is 4.79 Å². The maximum absolute atomic E-state index is 12.1. The number of hydrogen-bond donors (Lipinski definition) is 1. The number of rotatable bonds is 6. The van der Waals surface area contributed by atoms with Crippen LogP contribution >= 0.6 is 0 Å². The Morgan fingerprint density at radius 2 is 1.92 bits per heavy atom. The molecule has 1 aromatic carbocycles. The third-order valence-electron chi connectivity index (χ3n) is 4.00. The van der Waals surface area contributed by atoms with E-state index in [0.29, 0.717) is 18.7 Å². The Morgan fingerprint density at radius 3 is 2.71 bits per heavy atom. The normalized spacial score (nSPS) is 10.5. The highest BCUT2D eigenvalue weighted by atomic mass is 16.3. The zero-order valence-corrected chi connectivity index (χ0v) is 13.7. The van der Waals surface area contributed by atoms with Crippen molar-refractivity contribution in [2.45, 2.75) is 26.3 Å². The fourth-order valence-electron chi connectivity index (χ4n) is 2.64. The molecule has 4 nitrogen and oxygen atoms in total. The number of amides is 1. The molecule has 4 heteroatoms. The number of carbonyl (C=O) groups excluding carboxylic acids is 1. The van der Waals surface area contributed by atoms with Crippen LogP contribution in [-0.2, 0) is 17.8 Å². The van der Waals surface area contributed by atoms with Gasteiger partial charge >= 0.3 is 0 Å². The lowest BCUT2D eigenvalue weighted by molar-refractivity contribution is -0.121. The number of pyridine rings is 1. The van der Waals surface area contributed by atoms with Crippen molar-refractivity contribution in [3.05, 3.63) is 77.7 Å². The van der Waals surface area contributed by atoms with Crippen LogP contribution in [0.2, 0.25) is 0 Å². The fourth-order valence-corrected chi connectivity index (χ4v) is 2.64. The van der Waals surface area contributed by atoms with E-state index in [4.69, 9.17) is 4.42 Å². The first-order valence-corrected chi connectivity index (χ1v) is 8.03. The summed E-state index contributed by atoms with van der Waals surface area (Å²) in [6.07, 6.45) is 4.56. The molecule has 0 fully saturated rings. The molecule has 0 atom stereocenters. The molecular formula is C20H20N2O2. The Morgan fingerprint density at radius 1 is 1.08 bits per heavy atom. The quantitative estimate of drug-likeness (QED) is 0.749. The summed E-state index contributed by atoms with van der Waals surface area (Å²) in [7, 11) is 0. The smallest absolute Gasteiger partial charge is 0.220 e. The summed E-state index contributed by atoms with van der Waals surface area (Å²) < 4.78 is 5.41. The average molecular weight is 320 g/mol. The van der Waals surface area contributed by atoms with Gasteiger partial charge in [0.05, 0.1) is 6.26 Å². The summed E-state index contributed by atoms with van der Waals surface area (Å²) >= 11 is 0. The molecular weight excluding hydrogens is 300 g/mol. The average Bonchev–Trinajstić information content (AvgIpc) is 3.14. The maximum Gasteiger partial charge on any atom is 0.220 e. The van der Waals surface area contributed by atoms with Gasteiger partial charge in [-0.3, -0.25) is 9.78 Å². The van der Waals surface area contributed by atoms with Crippen molar-refractivity contribution in [2.24, 2.45) is 0 Å². The minimum absolute atomic E-state index is 0.0347. The number of aryl methyl sites for hydroxylation is 2. The third kappa shape index (κ3) is 3.90. The SMILES string of the molecule is Cc1ccccc1CCC(=O)NCc1cccnc1-c1ccco1. The molecule has 122 valence electrons. The van der Waals surface area contributed by atoms with Crippen LogP contribution in [0.1, 0.15) is 23.1 Å². The van der Waals surface area contributed by atoms with Crippen molar-refractivity contribution in [1.82, 2.24) is 10.3 Å².